The lowest BCUT2D eigenvalue weighted by atomic mass is 10.1. The Hall–Kier alpha value is -1.61. The highest BCUT2D eigenvalue weighted by atomic mass is 15.3. The Bertz CT molecular complexity index is 534. The van der Waals surface area contributed by atoms with Gasteiger partial charge in [-0.25, -0.2) is 0 Å². The second-order valence-corrected chi connectivity index (χ2v) is 5.39. The van der Waals surface area contributed by atoms with Crippen LogP contribution in [0.25, 0.3) is 0 Å². The quantitative estimate of drug-likeness (QED) is 0.910. The van der Waals surface area contributed by atoms with E-state index >= 15 is 0 Å². The molecule has 0 aliphatic heterocycles. The molecule has 100 valence electrons. The van der Waals surface area contributed by atoms with Crippen molar-refractivity contribution in [2.75, 3.05) is 0 Å². The van der Waals surface area contributed by atoms with E-state index < -0.39 is 0 Å². The van der Waals surface area contributed by atoms with Crippen molar-refractivity contribution in [1.29, 1.82) is 0 Å². The van der Waals surface area contributed by atoms with Crippen molar-refractivity contribution in [3.8, 4) is 0 Å². The van der Waals surface area contributed by atoms with Crippen LogP contribution in [0.1, 0.15) is 36.6 Å². The normalized spacial score (nSPS) is 16.5. The van der Waals surface area contributed by atoms with E-state index in [2.05, 4.69) is 54.7 Å². The predicted molar refractivity (Wildman–Crippen MR) is 77.1 cm³/mol. The number of hydrogen-bond donors (Lipinski definition) is 1. The Balaban J connectivity index is 1.64. The van der Waals surface area contributed by atoms with Gasteiger partial charge in [-0.2, -0.15) is 5.10 Å². The highest BCUT2D eigenvalue weighted by Gasteiger charge is 2.22. The maximum absolute atomic E-state index is 4.35. The average Bonchev–Trinajstić information content (AvgIpc) is 3.04. The zero-order valence-electron chi connectivity index (χ0n) is 11.6. The predicted octanol–water partition coefficient (Wildman–Crippen LogP) is 2.72. The van der Waals surface area contributed by atoms with Gasteiger partial charge in [0.25, 0.3) is 0 Å². The molecule has 1 unspecified atom stereocenters. The van der Waals surface area contributed by atoms with Crippen molar-refractivity contribution in [2.45, 2.75) is 45.3 Å². The van der Waals surface area contributed by atoms with Crippen molar-refractivity contribution in [3.63, 3.8) is 0 Å². The third-order valence-electron chi connectivity index (χ3n) is 4.01. The number of aryl methyl sites for hydroxylation is 1. The van der Waals surface area contributed by atoms with Crippen molar-refractivity contribution >= 4 is 0 Å². The lowest BCUT2D eigenvalue weighted by Crippen LogP contribution is -2.31. The van der Waals surface area contributed by atoms with Crippen molar-refractivity contribution in [1.82, 2.24) is 15.1 Å². The van der Waals surface area contributed by atoms with Crippen LogP contribution in [0.5, 0.6) is 0 Å². The molecule has 1 atom stereocenters. The summed E-state index contributed by atoms with van der Waals surface area (Å²) in [6.07, 6.45) is 6.40. The number of aromatic nitrogens is 2. The summed E-state index contributed by atoms with van der Waals surface area (Å²) in [5.41, 5.74) is 4.27. The number of nitrogens with one attached hydrogen (secondary N) is 1. The molecule has 3 rings (SSSR count). The fourth-order valence-corrected chi connectivity index (χ4v) is 2.90. The molecule has 1 aromatic carbocycles. The third kappa shape index (κ3) is 2.56. The number of nitrogens with zero attached hydrogens (tertiary/aromatic N) is 2. The highest BCUT2D eigenvalue weighted by Crippen LogP contribution is 2.23. The number of benzene rings is 1. The van der Waals surface area contributed by atoms with E-state index in [1.807, 2.05) is 10.9 Å². The van der Waals surface area contributed by atoms with Gasteiger partial charge in [-0.3, -0.25) is 4.68 Å². The van der Waals surface area contributed by atoms with Crippen LogP contribution in [-0.2, 0) is 19.4 Å². The van der Waals surface area contributed by atoms with Crippen LogP contribution in [0.4, 0.5) is 0 Å². The van der Waals surface area contributed by atoms with E-state index in [-0.39, 0.29) is 0 Å². The summed E-state index contributed by atoms with van der Waals surface area (Å²) >= 11 is 0. The smallest absolute Gasteiger partial charge is 0.0537 e. The molecule has 0 saturated heterocycles. The Morgan fingerprint density at radius 2 is 2.00 bits per heavy atom. The van der Waals surface area contributed by atoms with Crippen molar-refractivity contribution < 1.29 is 0 Å². The molecule has 2 aromatic rings. The lowest BCUT2D eigenvalue weighted by molar-refractivity contribution is 0.467. The first-order valence-electron chi connectivity index (χ1n) is 7.11. The second kappa shape index (κ2) is 5.17. The van der Waals surface area contributed by atoms with Gasteiger partial charge in [0.2, 0.25) is 0 Å². The molecule has 0 amide bonds. The van der Waals surface area contributed by atoms with Gasteiger partial charge in [0.15, 0.2) is 0 Å². The highest BCUT2D eigenvalue weighted by molar-refractivity contribution is 5.33. The first-order chi connectivity index (χ1) is 9.26. The lowest BCUT2D eigenvalue weighted by Gasteiger charge is -2.18. The van der Waals surface area contributed by atoms with Crippen LogP contribution in [0.3, 0.4) is 0 Å². The van der Waals surface area contributed by atoms with Crippen LogP contribution in [0, 0.1) is 0 Å². The minimum absolute atomic E-state index is 0.361. The van der Waals surface area contributed by atoms with Gasteiger partial charge in [0.05, 0.1) is 6.20 Å². The van der Waals surface area contributed by atoms with Crippen molar-refractivity contribution in [3.05, 3.63) is 53.3 Å². The summed E-state index contributed by atoms with van der Waals surface area (Å²) in [7, 11) is 0. The Labute approximate surface area is 114 Å². The first kappa shape index (κ1) is 12.4. The van der Waals surface area contributed by atoms with Gasteiger partial charge in [0.1, 0.15) is 0 Å². The molecule has 0 fully saturated rings. The molecule has 3 nitrogen and oxygen atoms in total. The molecule has 1 heterocycles. The standard InChI is InChI=1S/C16H21N3/c1-3-19-11-15(10-17-19)12(2)18-16-8-13-6-4-5-7-14(13)9-16/h4-7,10-12,16,18H,3,8-9H2,1-2H3. The van der Waals surface area contributed by atoms with Gasteiger partial charge in [-0.1, -0.05) is 24.3 Å². The Morgan fingerprint density at radius 3 is 2.58 bits per heavy atom. The summed E-state index contributed by atoms with van der Waals surface area (Å²) in [4.78, 5) is 0. The van der Waals surface area contributed by atoms with Gasteiger partial charge in [-0.15, -0.1) is 0 Å². The number of rotatable bonds is 4. The van der Waals surface area contributed by atoms with E-state index in [0.29, 0.717) is 12.1 Å². The maximum Gasteiger partial charge on any atom is 0.0537 e. The van der Waals surface area contributed by atoms with E-state index in [4.69, 9.17) is 0 Å². The van der Waals surface area contributed by atoms with Gasteiger partial charge in [0, 0.05) is 30.4 Å². The fourth-order valence-electron chi connectivity index (χ4n) is 2.90. The molecule has 3 heteroatoms. The number of hydrogen-bond acceptors (Lipinski definition) is 2. The average molecular weight is 255 g/mol. The van der Waals surface area contributed by atoms with E-state index in [1.54, 1.807) is 0 Å². The second-order valence-electron chi connectivity index (χ2n) is 5.39. The molecular weight excluding hydrogens is 234 g/mol. The van der Waals surface area contributed by atoms with Gasteiger partial charge >= 0.3 is 0 Å². The molecule has 1 aromatic heterocycles. The molecule has 0 bridgehead atoms. The van der Waals surface area contributed by atoms with Crippen LogP contribution in [-0.4, -0.2) is 15.8 Å². The molecular formula is C16H21N3. The zero-order valence-corrected chi connectivity index (χ0v) is 11.6. The summed E-state index contributed by atoms with van der Waals surface area (Å²) in [6, 6.07) is 9.68. The molecule has 1 aliphatic carbocycles. The molecule has 1 N–H and O–H groups in total. The Kier molecular flexibility index (Phi) is 3.38. The summed E-state index contributed by atoms with van der Waals surface area (Å²) in [5, 5.41) is 8.07. The molecule has 0 spiro atoms. The topological polar surface area (TPSA) is 29.9 Å². The van der Waals surface area contributed by atoms with E-state index in [0.717, 1.165) is 19.4 Å². The van der Waals surface area contributed by atoms with Crippen LogP contribution in [0.15, 0.2) is 36.7 Å². The monoisotopic (exact) mass is 255 g/mol. The molecule has 1 aliphatic rings. The van der Waals surface area contributed by atoms with Crippen LogP contribution in [0.2, 0.25) is 0 Å². The van der Waals surface area contributed by atoms with E-state index in [9.17, 15) is 0 Å². The minimum Gasteiger partial charge on any atom is -0.307 e. The van der Waals surface area contributed by atoms with Crippen molar-refractivity contribution in [2.24, 2.45) is 0 Å². The molecule has 0 saturated carbocycles. The largest absolute Gasteiger partial charge is 0.307 e. The molecule has 0 radical (unpaired) electrons. The summed E-state index contributed by atoms with van der Waals surface area (Å²) in [5.74, 6) is 0. The Morgan fingerprint density at radius 1 is 1.32 bits per heavy atom. The maximum atomic E-state index is 4.35. The van der Waals surface area contributed by atoms with Crippen LogP contribution < -0.4 is 5.32 Å². The summed E-state index contributed by atoms with van der Waals surface area (Å²) < 4.78 is 1.98. The number of fused-ring (bicyclic) bond motifs is 1. The fraction of sp³-hybridized carbons (Fsp3) is 0.438. The van der Waals surface area contributed by atoms with E-state index in [1.165, 1.54) is 16.7 Å². The SMILES string of the molecule is CCn1cc(C(C)NC2Cc3ccccc3C2)cn1. The van der Waals surface area contributed by atoms with Gasteiger partial charge in [-0.05, 0) is 37.8 Å². The van der Waals surface area contributed by atoms with Gasteiger partial charge < -0.3 is 5.32 Å². The van der Waals surface area contributed by atoms with Crippen LogP contribution >= 0.6 is 0 Å². The molecule has 19 heavy (non-hydrogen) atoms. The third-order valence-corrected chi connectivity index (χ3v) is 4.01. The zero-order chi connectivity index (χ0) is 13.2. The first-order valence-corrected chi connectivity index (χ1v) is 7.11. The summed E-state index contributed by atoms with van der Waals surface area (Å²) in [6.45, 7) is 5.27. The minimum atomic E-state index is 0.361.